The van der Waals surface area contributed by atoms with Crippen LogP contribution in [-0.2, 0) is 4.74 Å². The number of alkyl carbamates (subject to hydrolysis) is 1. The van der Waals surface area contributed by atoms with E-state index < -0.39 is 11.7 Å². The lowest BCUT2D eigenvalue weighted by Crippen LogP contribution is -2.45. The summed E-state index contributed by atoms with van der Waals surface area (Å²) >= 11 is 0. The van der Waals surface area contributed by atoms with Gasteiger partial charge in [-0.3, -0.25) is 4.79 Å². The summed E-state index contributed by atoms with van der Waals surface area (Å²) in [6.45, 7) is 7.96. The molecule has 3 N–H and O–H groups in total. The van der Waals surface area contributed by atoms with Crippen LogP contribution < -0.4 is 10.6 Å². The number of benzene rings is 1. The number of carbonyl (C=O) groups excluding carboxylic acids is 2. The van der Waals surface area contributed by atoms with Crippen LogP contribution in [0.25, 0.3) is 10.9 Å². The number of aromatic nitrogens is 1. The second kappa shape index (κ2) is 8.89. The van der Waals surface area contributed by atoms with Gasteiger partial charge in [-0.05, 0) is 63.6 Å². The highest BCUT2D eigenvalue weighted by molar-refractivity contribution is 5.98. The largest absolute Gasteiger partial charge is 0.444 e. The minimum atomic E-state index is -0.549. The van der Waals surface area contributed by atoms with Gasteiger partial charge in [-0.1, -0.05) is 31.9 Å². The number of fused-ring (bicyclic) bond motifs is 1. The van der Waals surface area contributed by atoms with Gasteiger partial charge in [-0.15, -0.1) is 0 Å². The molecule has 1 aliphatic carbocycles. The molecule has 6 heteroatoms. The Bertz CT molecular complexity index is 862. The van der Waals surface area contributed by atoms with Crippen LogP contribution in [-0.4, -0.2) is 35.2 Å². The number of amides is 2. The van der Waals surface area contributed by atoms with E-state index in [-0.39, 0.29) is 11.9 Å². The van der Waals surface area contributed by atoms with Crippen LogP contribution in [0.3, 0.4) is 0 Å². The van der Waals surface area contributed by atoms with Gasteiger partial charge < -0.3 is 20.4 Å². The Labute approximate surface area is 172 Å². The Kier molecular flexibility index (Phi) is 6.50. The first-order valence-corrected chi connectivity index (χ1v) is 10.7. The van der Waals surface area contributed by atoms with E-state index in [2.05, 4.69) is 40.7 Å². The molecule has 0 unspecified atom stereocenters. The first-order chi connectivity index (χ1) is 13.7. The molecule has 0 saturated heterocycles. The zero-order chi connectivity index (χ0) is 21.0. The molecule has 2 aromatic rings. The third-order valence-corrected chi connectivity index (χ3v) is 5.08. The van der Waals surface area contributed by atoms with Crippen molar-refractivity contribution in [1.82, 2.24) is 15.6 Å². The van der Waals surface area contributed by atoms with E-state index in [4.69, 9.17) is 4.74 Å². The van der Waals surface area contributed by atoms with E-state index in [1.165, 1.54) is 18.4 Å². The lowest BCUT2D eigenvalue weighted by molar-refractivity contribution is 0.0498. The van der Waals surface area contributed by atoms with E-state index in [1.807, 2.05) is 26.8 Å². The summed E-state index contributed by atoms with van der Waals surface area (Å²) < 4.78 is 5.35. The number of hydrogen-bond donors (Lipinski definition) is 3. The molecule has 0 spiro atoms. The van der Waals surface area contributed by atoms with Gasteiger partial charge in [-0.2, -0.15) is 0 Å². The summed E-state index contributed by atoms with van der Waals surface area (Å²) in [5, 5.41) is 6.87. The maximum Gasteiger partial charge on any atom is 0.407 e. The summed E-state index contributed by atoms with van der Waals surface area (Å²) in [7, 11) is 0. The summed E-state index contributed by atoms with van der Waals surface area (Å²) in [4.78, 5) is 28.0. The molecule has 1 aromatic heterocycles. The maximum absolute atomic E-state index is 12.7. The topological polar surface area (TPSA) is 83.2 Å². The molecule has 0 radical (unpaired) electrons. The van der Waals surface area contributed by atoms with Crippen molar-refractivity contribution < 1.29 is 14.3 Å². The van der Waals surface area contributed by atoms with E-state index in [0.29, 0.717) is 18.2 Å². The molecular weight excluding hydrogens is 366 g/mol. The number of aromatic amines is 1. The highest BCUT2D eigenvalue weighted by atomic mass is 16.6. The Morgan fingerprint density at radius 2 is 2.00 bits per heavy atom. The summed E-state index contributed by atoms with van der Waals surface area (Å²) in [6.07, 6.45) is 4.82. The van der Waals surface area contributed by atoms with Gasteiger partial charge in [0, 0.05) is 23.5 Å². The molecule has 1 aromatic carbocycles. The first kappa shape index (κ1) is 21.2. The third kappa shape index (κ3) is 6.24. The SMILES string of the molecule is CCCC[C@@H](CNC(=O)c1cc2ccc(C3CC3)cc2[nH]1)NC(=O)OC(C)(C)C. The van der Waals surface area contributed by atoms with Crippen LogP contribution in [0.2, 0.25) is 0 Å². The fourth-order valence-electron chi connectivity index (χ4n) is 3.40. The number of unbranched alkanes of at least 4 members (excludes halogenated alkanes) is 1. The van der Waals surface area contributed by atoms with Gasteiger partial charge in [0.25, 0.3) is 5.91 Å². The summed E-state index contributed by atoms with van der Waals surface area (Å²) in [5.41, 5.74) is 2.33. The van der Waals surface area contributed by atoms with E-state index in [9.17, 15) is 9.59 Å². The van der Waals surface area contributed by atoms with Gasteiger partial charge in [0.1, 0.15) is 11.3 Å². The molecule has 1 saturated carbocycles. The number of H-pyrrole nitrogens is 1. The van der Waals surface area contributed by atoms with Crippen LogP contribution >= 0.6 is 0 Å². The van der Waals surface area contributed by atoms with Gasteiger partial charge >= 0.3 is 6.09 Å². The number of nitrogens with one attached hydrogen (secondary N) is 3. The molecule has 3 rings (SSSR count). The molecular formula is C23H33N3O3. The Hall–Kier alpha value is -2.50. The lowest BCUT2D eigenvalue weighted by atomic mass is 10.1. The fraction of sp³-hybridized carbons (Fsp3) is 0.565. The van der Waals surface area contributed by atoms with Gasteiger partial charge in [0.15, 0.2) is 0 Å². The van der Waals surface area contributed by atoms with E-state index in [0.717, 1.165) is 30.2 Å². The quantitative estimate of drug-likeness (QED) is 0.593. The zero-order valence-corrected chi connectivity index (χ0v) is 17.9. The normalized spacial score (nSPS) is 15.2. The average molecular weight is 400 g/mol. The van der Waals surface area contributed by atoms with Crippen molar-refractivity contribution in [1.29, 1.82) is 0 Å². The third-order valence-electron chi connectivity index (χ3n) is 5.08. The average Bonchev–Trinajstić information content (AvgIpc) is 3.40. The predicted molar refractivity (Wildman–Crippen MR) is 115 cm³/mol. The number of hydrogen-bond acceptors (Lipinski definition) is 3. The van der Waals surface area contributed by atoms with E-state index in [1.54, 1.807) is 0 Å². The molecule has 2 amide bonds. The van der Waals surface area contributed by atoms with Crippen molar-refractivity contribution in [2.75, 3.05) is 6.54 Å². The predicted octanol–water partition coefficient (Wildman–Crippen LogP) is 4.86. The molecule has 6 nitrogen and oxygen atoms in total. The van der Waals surface area contributed by atoms with Gasteiger partial charge in [0.05, 0.1) is 0 Å². The van der Waals surface area contributed by atoms with E-state index >= 15 is 0 Å². The van der Waals surface area contributed by atoms with Crippen molar-refractivity contribution in [3.8, 4) is 0 Å². The molecule has 1 fully saturated rings. The first-order valence-electron chi connectivity index (χ1n) is 10.7. The van der Waals surface area contributed by atoms with Crippen molar-refractivity contribution in [3.63, 3.8) is 0 Å². The second-order valence-electron chi connectivity index (χ2n) is 9.00. The molecule has 1 atom stereocenters. The van der Waals surface area contributed by atoms with Crippen molar-refractivity contribution in [2.45, 2.75) is 77.4 Å². The van der Waals surface area contributed by atoms with Crippen LogP contribution in [0.5, 0.6) is 0 Å². The summed E-state index contributed by atoms with van der Waals surface area (Å²) in [5.74, 6) is 0.514. The monoisotopic (exact) mass is 399 g/mol. The zero-order valence-electron chi connectivity index (χ0n) is 17.9. The smallest absolute Gasteiger partial charge is 0.407 e. The molecule has 1 heterocycles. The Morgan fingerprint density at radius 3 is 2.66 bits per heavy atom. The molecule has 158 valence electrons. The number of ether oxygens (including phenoxy) is 1. The van der Waals surface area contributed by atoms with Crippen LogP contribution in [0.1, 0.15) is 81.8 Å². The highest BCUT2D eigenvalue weighted by Gasteiger charge is 2.24. The summed E-state index contributed by atoms with van der Waals surface area (Å²) in [6, 6.07) is 8.09. The van der Waals surface area contributed by atoms with Gasteiger partial charge in [0.2, 0.25) is 0 Å². The van der Waals surface area contributed by atoms with Crippen molar-refractivity contribution >= 4 is 22.9 Å². The van der Waals surface area contributed by atoms with Crippen LogP contribution in [0.4, 0.5) is 4.79 Å². The molecule has 1 aliphatic rings. The molecule has 29 heavy (non-hydrogen) atoms. The minimum absolute atomic E-state index is 0.165. The Morgan fingerprint density at radius 1 is 1.24 bits per heavy atom. The maximum atomic E-state index is 12.7. The Balaban J connectivity index is 1.59. The standard InChI is InChI=1S/C23H33N3O3/c1-5-6-7-18(25-22(28)29-23(2,3)4)14-24-21(27)20-13-17-11-10-16(15-8-9-15)12-19(17)26-20/h10-13,15,18,26H,5-9,14H2,1-4H3,(H,24,27)(H,25,28)/t18-/m0/s1. The molecule has 0 aliphatic heterocycles. The molecule has 0 bridgehead atoms. The number of rotatable bonds is 8. The van der Waals surface area contributed by atoms with Crippen LogP contribution in [0.15, 0.2) is 24.3 Å². The fourth-order valence-corrected chi connectivity index (χ4v) is 3.40. The minimum Gasteiger partial charge on any atom is -0.444 e. The van der Waals surface area contributed by atoms with Crippen molar-refractivity contribution in [2.24, 2.45) is 0 Å². The number of carbonyl (C=O) groups is 2. The lowest BCUT2D eigenvalue weighted by Gasteiger charge is -2.23. The van der Waals surface area contributed by atoms with Gasteiger partial charge in [-0.25, -0.2) is 4.79 Å². The van der Waals surface area contributed by atoms with Crippen molar-refractivity contribution in [3.05, 3.63) is 35.5 Å². The highest BCUT2D eigenvalue weighted by Crippen LogP contribution is 2.40. The second-order valence-corrected chi connectivity index (χ2v) is 9.00. The van der Waals surface area contributed by atoms with Crippen LogP contribution in [0, 0.1) is 0 Å².